The van der Waals surface area contributed by atoms with Crippen molar-refractivity contribution in [2.24, 2.45) is 5.84 Å². The summed E-state index contributed by atoms with van der Waals surface area (Å²) in [7, 11) is 0. The molecule has 0 fully saturated rings. The smallest absolute Gasteiger partial charge is 0.248 e. The van der Waals surface area contributed by atoms with Gasteiger partial charge in [0, 0.05) is 17.0 Å². The summed E-state index contributed by atoms with van der Waals surface area (Å²) in [4.78, 5) is 13.8. The molecule has 1 aromatic heterocycles. The fourth-order valence-corrected chi connectivity index (χ4v) is 1.54. The molecule has 14 heavy (non-hydrogen) atoms. The summed E-state index contributed by atoms with van der Waals surface area (Å²) in [5.41, 5.74) is 5.24. The maximum atomic E-state index is 11.1. The SMILES string of the molecule is Cc1c(NN)ccc2[nH]c(=O)ccc12. The van der Waals surface area contributed by atoms with Crippen molar-refractivity contribution in [3.63, 3.8) is 0 Å². The highest BCUT2D eigenvalue weighted by Crippen LogP contribution is 2.22. The highest BCUT2D eigenvalue weighted by molar-refractivity contribution is 5.86. The number of hydrazine groups is 1. The average molecular weight is 189 g/mol. The number of H-pyrrole nitrogens is 1. The molecule has 0 spiro atoms. The van der Waals surface area contributed by atoms with Gasteiger partial charge in [-0.25, -0.2) is 0 Å². The fourth-order valence-electron chi connectivity index (χ4n) is 1.54. The molecule has 1 heterocycles. The number of anilines is 1. The maximum absolute atomic E-state index is 11.1. The molecular formula is C10H11N3O. The standard InChI is InChI=1S/C10H11N3O/c1-6-7-2-5-10(14)12-9(7)4-3-8(6)13-11/h2-5,13H,11H2,1H3,(H,12,14). The van der Waals surface area contributed by atoms with Crippen LogP contribution in [0.3, 0.4) is 0 Å². The number of hydrogen-bond donors (Lipinski definition) is 3. The molecule has 1 aromatic carbocycles. The third-order valence-electron chi connectivity index (χ3n) is 2.33. The number of pyridine rings is 1. The highest BCUT2D eigenvalue weighted by Gasteiger charge is 2.02. The lowest BCUT2D eigenvalue weighted by atomic mass is 10.1. The second kappa shape index (κ2) is 3.16. The fraction of sp³-hybridized carbons (Fsp3) is 0.100. The molecule has 0 saturated carbocycles. The van der Waals surface area contributed by atoms with Crippen LogP contribution < -0.4 is 16.8 Å². The third kappa shape index (κ3) is 1.25. The zero-order chi connectivity index (χ0) is 10.1. The predicted octanol–water partition coefficient (Wildman–Crippen LogP) is 1.12. The Hall–Kier alpha value is -1.81. The largest absolute Gasteiger partial charge is 0.324 e. The number of benzene rings is 1. The van der Waals surface area contributed by atoms with Crippen LogP contribution in [0, 0.1) is 6.92 Å². The maximum Gasteiger partial charge on any atom is 0.248 e. The lowest BCUT2D eigenvalue weighted by Gasteiger charge is -2.07. The van der Waals surface area contributed by atoms with Crippen molar-refractivity contribution in [2.45, 2.75) is 6.92 Å². The molecule has 0 unspecified atom stereocenters. The van der Waals surface area contributed by atoms with E-state index in [-0.39, 0.29) is 5.56 Å². The first-order chi connectivity index (χ1) is 6.72. The number of nitrogen functional groups attached to an aromatic ring is 1. The Morgan fingerprint density at radius 1 is 1.29 bits per heavy atom. The van der Waals surface area contributed by atoms with Crippen LogP contribution in [0.15, 0.2) is 29.1 Å². The molecule has 0 amide bonds. The molecule has 2 rings (SSSR count). The molecule has 4 heteroatoms. The quantitative estimate of drug-likeness (QED) is 0.465. The van der Waals surface area contributed by atoms with E-state index in [2.05, 4.69) is 10.4 Å². The summed E-state index contributed by atoms with van der Waals surface area (Å²) in [5, 5.41) is 1.00. The predicted molar refractivity (Wildman–Crippen MR) is 57.1 cm³/mol. The number of aromatic nitrogens is 1. The number of fused-ring (bicyclic) bond motifs is 1. The van der Waals surface area contributed by atoms with Gasteiger partial charge in [-0.05, 0) is 30.7 Å². The van der Waals surface area contributed by atoms with Gasteiger partial charge in [0.25, 0.3) is 0 Å². The van der Waals surface area contributed by atoms with Gasteiger partial charge in [0.2, 0.25) is 5.56 Å². The van der Waals surface area contributed by atoms with Gasteiger partial charge in [0.1, 0.15) is 0 Å². The molecule has 0 bridgehead atoms. The Morgan fingerprint density at radius 2 is 2.07 bits per heavy atom. The van der Waals surface area contributed by atoms with Gasteiger partial charge in [0.05, 0.1) is 5.69 Å². The van der Waals surface area contributed by atoms with Crippen LogP contribution in [0.5, 0.6) is 0 Å². The molecule has 0 aliphatic heterocycles. The summed E-state index contributed by atoms with van der Waals surface area (Å²) < 4.78 is 0. The summed E-state index contributed by atoms with van der Waals surface area (Å²) in [5.74, 6) is 5.35. The van der Waals surface area contributed by atoms with Crippen molar-refractivity contribution < 1.29 is 0 Å². The third-order valence-corrected chi connectivity index (χ3v) is 2.33. The minimum atomic E-state index is -0.0923. The van der Waals surface area contributed by atoms with Gasteiger partial charge in [-0.1, -0.05) is 0 Å². The summed E-state index contributed by atoms with van der Waals surface area (Å²) >= 11 is 0. The molecule has 4 nitrogen and oxygen atoms in total. The van der Waals surface area contributed by atoms with Crippen molar-refractivity contribution in [2.75, 3.05) is 5.43 Å². The van der Waals surface area contributed by atoms with E-state index in [0.29, 0.717) is 0 Å². The molecule has 0 aliphatic rings. The van der Waals surface area contributed by atoms with Crippen LogP contribution >= 0.6 is 0 Å². The second-order valence-electron chi connectivity index (χ2n) is 3.17. The molecule has 2 aromatic rings. The van der Waals surface area contributed by atoms with E-state index < -0.39 is 0 Å². The van der Waals surface area contributed by atoms with E-state index in [0.717, 1.165) is 22.2 Å². The van der Waals surface area contributed by atoms with Gasteiger partial charge in [-0.15, -0.1) is 0 Å². The molecular weight excluding hydrogens is 178 g/mol. The Balaban J connectivity index is 2.84. The van der Waals surface area contributed by atoms with E-state index in [1.54, 1.807) is 6.07 Å². The van der Waals surface area contributed by atoms with E-state index >= 15 is 0 Å². The minimum absolute atomic E-state index is 0.0923. The molecule has 0 aliphatic carbocycles. The number of nitrogens with one attached hydrogen (secondary N) is 2. The van der Waals surface area contributed by atoms with Crippen molar-refractivity contribution in [3.05, 3.63) is 40.2 Å². The highest BCUT2D eigenvalue weighted by atomic mass is 16.1. The number of hydrogen-bond acceptors (Lipinski definition) is 3. The van der Waals surface area contributed by atoms with E-state index in [9.17, 15) is 4.79 Å². The average Bonchev–Trinajstić information content (AvgIpc) is 2.18. The van der Waals surface area contributed by atoms with Crippen molar-refractivity contribution in [3.8, 4) is 0 Å². The Kier molecular flexibility index (Phi) is 1.98. The molecule has 72 valence electrons. The lowest BCUT2D eigenvalue weighted by Crippen LogP contribution is -2.09. The van der Waals surface area contributed by atoms with Crippen LogP contribution in [0.25, 0.3) is 10.9 Å². The molecule has 4 N–H and O–H groups in total. The van der Waals surface area contributed by atoms with E-state index in [1.165, 1.54) is 6.07 Å². The van der Waals surface area contributed by atoms with Crippen LogP contribution in [0.4, 0.5) is 5.69 Å². The Morgan fingerprint density at radius 3 is 2.79 bits per heavy atom. The van der Waals surface area contributed by atoms with E-state index in [1.807, 2.05) is 19.1 Å². The van der Waals surface area contributed by atoms with Crippen LogP contribution in [-0.4, -0.2) is 4.98 Å². The number of aryl methyl sites for hydroxylation is 1. The number of rotatable bonds is 1. The van der Waals surface area contributed by atoms with Gasteiger partial charge in [-0.3, -0.25) is 10.6 Å². The van der Waals surface area contributed by atoms with Crippen LogP contribution in [0.2, 0.25) is 0 Å². The molecule has 0 atom stereocenters. The molecule has 0 radical (unpaired) electrons. The van der Waals surface area contributed by atoms with Gasteiger partial charge in [-0.2, -0.15) is 0 Å². The summed E-state index contributed by atoms with van der Waals surface area (Å²) in [6.45, 7) is 1.95. The monoisotopic (exact) mass is 189 g/mol. The first-order valence-corrected chi connectivity index (χ1v) is 4.31. The first kappa shape index (κ1) is 8.77. The Bertz CT molecular complexity index is 530. The summed E-state index contributed by atoms with van der Waals surface area (Å²) in [6.07, 6.45) is 0. The molecule has 0 saturated heterocycles. The first-order valence-electron chi connectivity index (χ1n) is 4.31. The topological polar surface area (TPSA) is 70.9 Å². The van der Waals surface area contributed by atoms with Gasteiger partial charge < -0.3 is 10.4 Å². The number of aromatic amines is 1. The zero-order valence-electron chi connectivity index (χ0n) is 7.79. The van der Waals surface area contributed by atoms with Gasteiger partial charge in [0.15, 0.2) is 0 Å². The zero-order valence-corrected chi connectivity index (χ0v) is 7.79. The van der Waals surface area contributed by atoms with Crippen LogP contribution in [0.1, 0.15) is 5.56 Å². The van der Waals surface area contributed by atoms with E-state index in [4.69, 9.17) is 5.84 Å². The lowest BCUT2D eigenvalue weighted by molar-refractivity contribution is 1.28. The van der Waals surface area contributed by atoms with Crippen LogP contribution in [-0.2, 0) is 0 Å². The summed E-state index contributed by atoms with van der Waals surface area (Å²) in [6, 6.07) is 6.98. The number of nitrogens with two attached hydrogens (primary N) is 1. The van der Waals surface area contributed by atoms with Crippen molar-refractivity contribution in [1.82, 2.24) is 4.98 Å². The van der Waals surface area contributed by atoms with Crippen molar-refractivity contribution >= 4 is 16.6 Å². The van der Waals surface area contributed by atoms with Gasteiger partial charge >= 0.3 is 0 Å². The Labute approximate surface area is 80.7 Å². The normalized spacial score (nSPS) is 10.4. The van der Waals surface area contributed by atoms with Crippen molar-refractivity contribution in [1.29, 1.82) is 0 Å². The second-order valence-corrected chi connectivity index (χ2v) is 3.17. The minimum Gasteiger partial charge on any atom is -0.324 e.